The summed E-state index contributed by atoms with van der Waals surface area (Å²) >= 11 is 0. The summed E-state index contributed by atoms with van der Waals surface area (Å²) in [4.78, 5) is 64.6. The second-order valence-corrected chi connectivity index (χ2v) is 9.60. The number of nitrogens with one attached hydrogen (secondary N) is 5. The first-order valence-corrected chi connectivity index (χ1v) is 12.6. The molecular formula is C24H39N9O5. The van der Waals surface area contributed by atoms with E-state index in [9.17, 15) is 24.3 Å². The first kappa shape index (κ1) is 30.4. The largest absolute Gasteiger partial charge is 0.480 e. The van der Waals surface area contributed by atoms with Gasteiger partial charge in [0.15, 0.2) is 0 Å². The number of unbranched alkanes of at least 4 members (excludes halogenated alkanes) is 1. The molecule has 2 aromatic heterocycles. The molecule has 0 radical (unpaired) electrons. The molecule has 4 unspecified atom stereocenters. The van der Waals surface area contributed by atoms with Gasteiger partial charge < -0.3 is 42.5 Å². The van der Waals surface area contributed by atoms with Crippen molar-refractivity contribution in [1.29, 1.82) is 0 Å². The number of rotatable bonds is 17. The molecule has 2 heterocycles. The minimum absolute atomic E-state index is 0.0140. The number of nitrogens with zero attached hydrogens (tertiary/aromatic N) is 2. The average molecular weight is 534 g/mol. The molecule has 0 saturated carbocycles. The number of nitrogens with two attached hydrogens (primary N) is 2. The molecule has 14 nitrogen and oxygen atoms in total. The van der Waals surface area contributed by atoms with Crippen LogP contribution in [0.3, 0.4) is 0 Å². The summed E-state index contributed by atoms with van der Waals surface area (Å²) < 4.78 is 0. The summed E-state index contributed by atoms with van der Waals surface area (Å²) in [5.41, 5.74) is 12.6. The first-order chi connectivity index (χ1) is 18.1. The van der Waals surface area contributed by atoms with Crippen LogP contribution in [0.2, 0.25) is 0 Å². The third-order valence-corrected chi connectivity index (χ3v) is 5.85. The number of carboxylic acids is 1. The lowest BCUT2D eigenvalue weighted by atomic mass is 10.0. The van der Waals surface area contributed by atoms with Crippen molar-refractivity contribution in [2.45, 2.75) is 76.5 Å². The Kier molecular flexibility index (Phi) is 12.4. The van der Waals surface area contributed by atoms with E-state index in [4.69, 9.17) is 11.5 Å². The molecular weight excluding hydrogens is 494 g/mol. The van der Waals surface area contributed by atoms with E-state index in [1.54, 1.807) is 0 Å². The van der Waals surface area contributed by atoms with Crippen molar-refractivity contribution in [3.05, 3.63) is 36.4 Å². The SMILES string of the molecule is CC(C)CC(NC(=O)C(Cc1cnc[nH]1)NC(=O)C(Cc1cnc[nH]1)NC(=O)C(N)CCCCN)C(=O)O. The number of hydrogen-bond donors (Lipinski definition) is 8. The van der Waals surface area contributed by atoms with Crippen LogP contribution < -0.4 is 27.4 Å². The lowest BCUT2D eigenvalue weighted by Crippen LogP contribution is -2.58. The number of amides is 3. The number of carbonyl (C=O) groups excluding carboxylic acids is 3. The number of H-pyrrole nitrogens is 2. The number of hydrogen-bond acceptors (Lipinski definition) is 8. The fraction of sp³-hybridized carbons (Fsp3) is 0.583. The molecule has 0 bridgehead atoms. The van der Waals surface area contributed by atoms with Gasteiger partial charge >= 0.3 is 5.97 Å². The maximum Gasteiger partial charge on any atom is 0.326 e. The van der Waals surface area contributed by atoms with Crippen molar-refractivity contribution in [2.24, 2.45) is 17.4 Å². The lowest BCUT2D eigenvalue weighted by Gasteiger charge is -2.25. The van der Waals surface area contributed by atoms with Crippen LogP contribution >= 0.6 is 0 Å². The maximum atomic E-state index is 13.4. The zero-order chi connectivity index (χ0) is 28.1. The summed E-state index contributed by atoms with van der Waals surface area (Å²) in [6.45, 7) is 4.17. The van der Waals surface area contributed by atoms with E-state index in [0.717, 1.165) is 6.42 Å². The smallest absolute Gasteiger partial charge is 0.326 e. The summed E-state index contributed by atoms with van der Waals surface area (Å²) in [6.07, 6.45) is 7.98. The second-order valence-electron chi connectivity index (χ2n) is 9.60. The molecule has 38 heavy (non-hydrogen) atoms. The standard InChI is InChI=1S/C24H39N9O5/c1-14(2)7-20(24(37)38)33-23(36)19(9-16-11-28-13-30-16)32-22(35)18(8-15-10-27-12-29-15)31-21(34)17(26)5-3-4-6-25/h10-14,17-20H,3-9,25-26H2,1-2H3,(H,27,29)(H,28,30)(H,31,34)(H,32,35)(H,33,36)(H,37,38). The van der Waals surface area contributed by atoms with Gasteiger partial charge in [-0.05, 0) is 31.7 Å². The minimum atomic E-state index is -1.17. The van der Waals surface area contributed by atoms with E-state index in [1.807, 2.05) is 13.8 Å². The van der Waals surface area contributed by atoms with Crippen LogP contribution in [0.1, 0.15) is 50.9 Å². The monoisotopic (exact) mass is 533 g/mol. The zero-order valence-electron chi connectivity index (χ0n) is 21.8. The number of aliphatic carboxylic acids is 1. The third kappa shape index (κ3) is 10.3. The van der Waals surface area contributed by atoms with Gasteiger partial charge in [0.1, 0.15) is 18.1 Å². The van der Waals surface area contributed by atoms with E-state index in [0.29, 0.717) is 30.8 Å². The van der Waals surface area contributed by atoms with Crippen LogP contribution in [0.5, 0.6) is 0 Å². The van der Waals surface area contributed by atoms with Crippen molar-refractivity contribution in [3.8, 4) is 0 Å². The van der Waals surface area contributed by atoms with E-state index in [1.165, 1.54) is 25.0 Å². The van der Waals surface area contributed by atoms with Crippen molar-refractivity contribution in [1.82, 2.24) is 35.9 Å². The molecule has 0 aromatic carbocycles. The molecule has 10 N–H and O–H groups in total. The minimum Gasteiger partial charge on any atom is -0.480 e. The highest BCUT2D eigenvalue weighted by molar-refractivity contribution is 5.94. The van der Waals surface area contributed by atoms with E-state index in [2.05, 4.69) is 35.9 Å². The zero-order valence-corrected chi connectivity index (χ0v) is 21.8. The number of aromatic nitrogens is 4. The second kappa shape index (κ2) is 15.5. The molecule has 3 amide bonds. The van der Waals surface area contributed by atoms with Gasteiger partial charge in [-0.1, -0.05) is 20.3 Å². The molecule has 0 aliphatic carbocycles. The molecule has 4 atom stereocenters. The van der Waals surface area contributed by atoms with Gasteiger partial charge in [-0.25, -0.2) is 14.8 Å². The maximum absolute atomic E-state index is 13.4. The topological polar surface area (TPSA) is 234 Å². The number of aromatic amines is 2. The van der Waals surface area contributed by atoms with Gasteiger partial charge in [0.25, 0.3) is 0 Å². The molecule has 0 fully saturated rings. The molecule has 0 spiro atoms. The Labute approximate surface area is 221 Å². The van der Waals surface area contributed by atoms with Crippen molar-refractivity contribution >= 4 is 23.7 Å². The Morgan fingerprint density at radius 2 is 1.37 bits per heavy atom. The Morgan fingerprint density at radius 1 is 0.868 bits per heavy atom. The van der Waals surface area contributed by atoms with Crippen LogP contribution in [0.4, 0.5) is 0 Å². The van der Waals surface area contributed by atoms with Crippen LogP contribution in [0.25, 0.3) is 0 Å². The first-order valence-electron chi connectivity index (χ1n) is 12.6. The Balaban J connectivity index is 2.20. The fourth-order valence-corrected chi connectivity index (χ4v) is 3.81. The summed E-state index contributed by atoms with van der Waals surface area (Å²) in [5.74, 6) is -2.99. The van der Waals surface area contributed by atoms with E-state index < -0.39 is 47.9 Å². The third-order valence-electron chi connectivity index (χ3n) is 5.85. The van der Waals surface area contributed by atoms with Gasteiger partial charge in [-0.2, -0.15) is 0 Å². The van der Waals surface area contributed by atoms with Crippen molar-refractivity contribution in [3.63, 3.8) is 0 Å². The fourth-order valence-electron chi connectivity index (χ4n) is 3.81. The summed E-state index contributed by atoms with van der Waals surface area (Å²) in [6, 6.07) is -4.19. The highest BCUT2D eigenvalue weighted by Gasteiger charge is 2.31. The molecule has 0 saturated heterocycles. The number of carboxylic acid groups (broad SMARTS) is 1. The van der Waals surface area contributed by atoms with Crippen LogP contribution in [0, 0.1) is 5.92 Å². The van der Waals surface area contributed by atoms with Gasteiger partial charge in [0.05, 0.1) is 18.7 Å². The quantitative estimate of drug-likeness (QED) is 0.116. The molecule has 0 aliphatic rings. The molecule has 0 aliphatic heterocycles. The van der Waals surface area contributed by atoms with Gasteiger partial charge in [-0.15, -0.1) is 0 Å². The number of imidazole rings is 2. The van der Waals surface area contributed by atoms with Crippen LogP contribution in [-0.4, -0.2) is 79.4 Å². The predicted molar refractivity (Wildman–Crippen MR) is 138 cm³/mol. The van der Waals surface area contributed by atoms with Gasteiger partial charge in [0, 0.05) is 36.6 Å². The van der Waals surface area contributed by atoms with Crippen LogP contribution in [-0.2, 0) is 32.0 Å². The normalized spacial score (nSPS) is 14.3. The van der Waals surface area contributed by atoms with Gasteiger partial charge in [0.2, 0.25) is 17.7 Å². The molecule has 2 aromatic rings. The van der Waals surface area contributed by atoms with Crippen molar-refractivity contribution in [2.75, 3.05) is 6.54 Å². The molecule has 14 heteroatoms. The van der Waals surface area contributed by atoms with Gasteiger partial charge in [-0.3, -0.25) is 14.4 Å². The van der Waals surface area contributed by atoms with E-state index in [-0.39, 0.29) is 25.2 Å². The van der Waals surface area contributed by atoms with Crippen molar-refractivity contribution < 1.29 is 24.3 Å². The van der Waals surface area contributed by atoms with E-state index >= 15 is 0 Å². The Morgan fingerprint density at radius 3 is 1.79 bits per heavy atom. The molecule has 210 valence electrons. The number of carbonyl (C=O) groups is 4. The Hall–Kier alpha value is -3.78. The van der Waals surface area contributed by atoms with Crippen LogP contribution in [0.15, 0.2) is 25.0 Å². The predicted octanol–water partition coefficient (Wildman–Crippen LogP) is -1.04. The molecule has 2 rings (SSSR count). The lowest BCUT2D eigenvalue weighted by molar-refractivity contribution is -0.142. The Bertz CT molecular complexity index is 1010. The summed E-state index contributed by atoms with van der Waals surface area (Å²) in [5, 5.41) is 17.4. The average Bonchev–Trinajstić information content (AvgIpc) is 3.56. The highest BCUT2D eigenvalue weighted by Crippen LogP contribution is 2.08. The summed E-state index contributed by atoms with van der Waals surface area (Å²) in [7, 11) is 0. The highest BCUT2D eigenvalue weighted by atomic mass is 16.4.